The number of carbonyl (C=O) groups excluding carboxylic acids is 1. The zero-order chi connectivity index (χ0) is 20.5. The molecule has 0 spiro atoms. The molecule has 3 heteroatoms. The second-order valence-corrected chi connectivity index (χ2v) is 8.23. The van der Waals surface area contributed by atoms with Crippen LogP contribution in [0.5, 0.6) is 5.75 Å². The number of aryl methyl sites for hydroxylation is 2. The molecule has 0 amide bonds. The molecule has 0 unspecified atom stereocenters. The molecule has 2 aromatic carbocycles. The van der Waals surface area contributed by atoms with E-state index in [1.807, 2.05) is 48.5 Å². The number of hydrogen-bond donors (Lipinski definition) is 0. The number of benzene rings is 2. The second-order valence-electron chi connectivity index (χ2n) is 8.23. The van der Waals surface area contributed by atoms with Gasteiger partial charge in [-0.15, -0.1) is 0 Å². The molecule has 0 radical (unpaired) electrons. The first kappa shape index (κ1) is 21.1. The number of rotatable bonds is 8. The third-order valence-electron chi connectivity index (χ3n) is 6.07. The minimum Gasteiger partial charge on any atom is -0.426 e. The average Bonchev–Trinajstić information content (AvgIpc) is 2.78. The molecule has 0 heterocycles. The Morgan fingerprint density at radius 2 is 1.55 bits per heavy atom. The number of nitrogens with zero attached hydrogens (tertiary/aromatic N) is 1. The van der Waals surface area contributed by atoms with Crippen LogP contribution in [0.2, 0.25) is 0 Å². The Morgan fingerprint density at radius 3 is 2.10 bits per heavy atom. The lowest BCUT2D eigenvalue weighted by Gasteiger charge is -2.27. The molecule has 0 saturated heterocycles. The van der Waals surface area contributed by atoms with E-state index in [0.29, 0.717) is 11.3 Å². The van der Waals surface area contributed by atoms with Crippen LogP contribution in [0.3, 0.4) is 0 Å². The predicted molar refractivity (Wildman–Crippen MR) is 116 cm³/mol. The van der Waals surface area contributed by atoms with E-state index in [-0.39, 0.29) is 11.9 Å². The van der Waals surface area contributed by atoms with E-state index in [0.717, 1.165) is 44.4 Å². The molecule has 1 aliphatic rings. The standard InChI is InChI=1S/C26H31NO2/c1-2-3-4-20-11-15-24(16-12-20)26(28)29-25-17-13-22(14-18-25)6-5-21-7-9-23(19-27)10-8-21/h7-10,13-14,17-18,20,24H,2-6,11-12,15-16H2,1H3. The van der Waals surface area contributed by atoms with Gasteiger partial charge < -0.3 is 4.74 Å². The molecule has 3 rings (SSSR count). The summed E-state index contributed by atoms with van der Waals surface area (Å²) in [5.74, 6) is 1.44. The second kappa shape index (κ2) is 10.8. The number of ether oxygens (including phenoxy) is 1. The van der Waals surface area contributed by atoms with Gasteiger partial charge in [-0.05, 0) is 79.8 Å². The van der Waals surface area contributed by atoms with Gasteiger partial charge in [0.25, 0.3) is 0 Å². The number of hydrogen-bond acceptors (Lipinski definition) is 3. The largest absolute Gasteiger partial charge is 0.426 e. The molecule has 0 N–H and O–H groups in total. The van der Waals surface area contributed by atoms with Crippen molar-refractivity contribution in [1.29, 1.82) is 5.26 Å². The summed E-state index contributed by atoms with van der Waals surface area (Å²) in [6.07, 6.45) is 9.97. The van der Waals surface area contributed by atoms with E-state index < -0.39 is 0 Å². The summed E-state index contributed by atoms with van der Waals surface area (Å²) < 4.78 is 5.64. The molecule has 0 bridgehead atoms. The lowest BCUT2D eigenvalue weighted by molar-refractivity contribution is -0.140. The first-order chi connectivity index (χ1) is 14.2. The van der Waals surface area contributed by atoms with Crippen LogP contribution in [0.4, 0.5) is 0 Å². The van der Waals surface area contributed by atoms with Crippen LogP contribution in [0.1, 0.15) is 68.6 Å². The summed E-state index contributed by atoms with van der Waals surface area (Å²) in [7, 11) is 0. The van der Waals surface area contributed by atoms with Gasteiger partial charge in [0.15, 0.2) is 0 Å². The van der Waals surface area contributed by atoms with E-state index in [9.17, 15) is 4.79 Å². The highest BCUT2D eigenvalue weighted by Gasteiger charge is 2.27. The maximum Gasteiger partial charge on any atom is 0.314 e. The van der Waals surface area contributed by atoms with Crippen molar-refractivity contribution in [2.24, 2.45) is 11.8 Å². The minimum atomic E-state index is -0.0655. The van der Waals surface area contributed by atoms with Crippen LogP contribution < -0.4 is 4.74 Å². The number of unbranched alkanes of at least 4 members (excludes halogenated alkanes) is 1. The lowest BCUT2D eigenvalue weighted by atomic mass is 9.80. The van der Waals surface area contributed by atoms with Crippen molar-refractivity contribution >= 4 is 5.97 Å². The number of carbonyl (C=O) groups is 1. The highest BCUT2D eigenvalue weighted by Crippen LogP contribution is 2.32. The molecule has 0 aromatic heterocycles. The van der Waals surface area contributed by atoms with Gasteiger partial charge in [-0.25, -0.2) is 0 Å². The molecular formula is C26H31NO2. The normalized spacial score (nSPS) is 18.8. The van der Waals surface area contributed by atoms with E-state index in [1.54, 1.807) is 0 Å². The van der Waals surface area contributed by atoms with Crippen LogP contribution in [0.15, 0.2) is 48.5 Å². The Balaban J connectivity index is 1.44. The highest BCUT2D eigenvalue weighted by molar-refractivity contribution is 5.75. The van der Waals surface area contributed by atoms with Gasteiger partial charge in [0.1, 0.15) is 5.75 Å². The molecule has 1 saturated carbocycles. The first-order valence-corrected chi connectivity index (χ1v) is 11.0. The van der Waals surface area contributed by atoms with Gasteiger partial charge in [-0.3, -0.25) is 4.79 Å². The van der Waals surface area contributed by atoms with Crippen molar-refractivity contribution in [1.82, 2.24) is 0 Å². The minimum absolute atomic E-state index is 0.0592. The molecule has 0 atom stereocenters. The molecule has 1 aliphatic carbocycles. The lowest BCUT2D eigenvalue weighted by Crippen LogP contribution is -2.25. The molecular weight excluding hydrogens is 358 g/mol. The fourth-order valence-corrected chi connectivity index (χ4v) is 4.14. The summed E-state index contributed by atoms with van der Waals surface area (Å²) in [6, 6.07) is 17.7. The van der Waals surface area contributed by atoms with Gasteiger partial charge in [0.05, 0.1) is 17.6 Å². The number of esters is 1. The molecule has 152 valence electrons. The predicted octanol–water partition coefficient (Wildman–Crippen LogP) is 6.25. The summed E-state index contributed by atoms with van der Waals surface area (Å²) in [5, 5.41) is 8.86. The van der Waals surface area contributed by atoms with Crippen molar-refractivity contribution in [3.8, 4) is 11.8 Å². The van der Waals surface area contributed by atoms with Gasteiger partial charge in [0.2, 0.25) is 0 Å². The Labute approximate surface area is 174 Å². The molecule has 1 fully saturated rings. The van der Waals surface area contributed by atoms with Crippen molar-refractivity contribution in [3.05, 3.63) is 65.2 Å². The van der Waals surface area contributed by atoms with Gasteiger partial charge >= 0.3 is 5.97 Å². The SMILES string of the molecule is CCCCC1CCC(C(=O)Oc2ccc(CCc3ccc(C#N)cc3)cc2)CC1. The third-order valence-corrected chi connectivity index (χ3v) is 6.07. The van der Waals surface area contributed by atoms with Crippen LogP contribution in [0.25, 0.3) is 0 Å². The fourth-order valence-electron chi connectivity index (χ4n) is 4.14. The molecule has 3 nitrogen and oxygen atoms in total. The summed E-state index contributed by atoms with van der Waals surface area (Å²) in [5.41, 5.74) is 3.12. The Hall–Kier alpha value is -2.60. The van der Waals surface area contributed by atoms with Gasteiger partial charge in [-0.2, -0.15) is 5.26 Å². The van der Waals surface area contributed by atoms with Crippen molar-refractivity contribution in [3.63, 3.8) is 0 Å². The highest BCUT2D eigenvalue weighted by atomic mass is 16.5. The Morgan fingerprint density at radius 1 is 0.966 bits per heavy atom. The monoisotopic (exact) mass is 389 g/mol. The van der Waals surface area contributed by atoms with E-state index >= 15 is 0 Å². The van der Waals surface area contributed by atoms with Crippen LogP contribution in [-0.4, -0.2) is 5.97 Å². The van der Waals surface area contributed by atoms with E-state index in [2.05, 4.69) is 13.0 Å². The van der Waals surface area contributed by atoms with Crippen LogP contribution in [-0.2, 0) is 17.6 Å². The van der Waals surface area contributed by atoms with Crippen molar-refractivity contribution < 1.29 is 9.53 Å². The van der Waals surface area contributed by atoms with E-state index in [1.165, 1.54) is 30.4 Å². The summed E-state index contributed by atoms with van der Waals surface area (Å²) >= 11 is 0. The Kier molecular flexibility index (Phi) is 7.87. The summed E-state index contributed by atoms with van der Waals surface area (Å²) in [6.45, 7) is 2.24. The fraction of sp³-hybridized carbons (Fsp3) is 0.462. The maximum atomic E-state index is 12.5. The zero-order valence-corrected chi connectivity index (χ0v) is 17.4. The molecule has 29 heavy (non-hydrogen) atoms. The van der Waals surface area contributed by atoms with Gasteiger partial charge in [-0.1, -0.05) is 50.5 Å². The van der Waals surface area contributed by atoms with Crippen LogP contribution in [0, 0.1) is 23.2 Å². The summed E-state index contributed by atoms with van der Waals surface area (Å²) in [4.78, 5) is 12.5. The topological polar surface area (TPSA) is 50.1 Å². The number of nitriles is 1. The first-order valence-electron chi connectivity index (χ1n) is 11.0. The smallest absolute Gasteiger partial charge is 0.314 e. The van der Waals surface area contributed by atoms with Gasteiger partial charge in [0, 0.05) is 0 Å². The quantitative estimate of drug-likeness (QED) is 0.396. The van der Waals surface area contributed by atoms with Crippen LogP contribution >= 0.6 is 0 Å². The third kappa shape index (κ3) is 6.46. The Bertz CT molecular complexity index is 809. The maximum absolute atomic E-state index is 12.5. The molecule has 0 aliphatic heterocycles. The molecule has 2 aromatic rings. The van der Waals surface area contributed by atoms with Crippen molar-refractivity contribution in [2.75, 3.05) is 0 Å². The zero-order valence-electron chi connectivity index (χ0n) is 17.4. The van der Waals surface area contributed by atoms with Crippen molar-refractivity contribution in [2.45, 2.75) is 64.7 Å². The van der Waals surface area contributed by atoms with E-state index in [4.69, 9.17) is 10.00 Å². The average molecular weight is 390 g/mol.